The number of carbonyl (C=O) groups is 4. The van der Waals surface area contributed by atoms with Crippen LogP contribution in [0.3, 0.4) is 0 Å². The molecule has 230 valence electrons. The summed E-state index contributed by atoms with van der Waals surface area (Å²) in [7, 11) is 0. The number of hydrogen-bond acceptors (Lipinski definition) is 7. The summed E-state index contributed by atoms with van der Waals surface area (Å²) in [5.41, 5.74) is -0.999. The summed E-state index contributed by atoms with van der Waals surface area (Å²) in [5, 5.41) is 6.27. The number of unbranched alkanes of at least 4 members (excludes halogenated alkanes) is 1. The maximum atomic E-state index is 13.0. The number of esters is 2. The van der Waals surface area contributed by atoms with E-state index in [1.807, 2.05) is 26.8 Å². The van der Waals surface area contributed by atoms with Crippen LogP contribution in [0, 0.1) is 10.8 Å². The molecule has 0 unspecified atom stereocenters. The molecule has 0 aliphatic rings. The first-order chi connectivity index (χ1) is 19.4. The van der Waals surface area contributed by atoms with E-state index in [2.05, 4.69) is 10.6 Å². The Kier molecular flexibility index (Phi) is 11.7. The van der Waals surface area contributed by atoms with Gasteiger partial charge < -0.3 is 25.0 Å². The fourth-order valence-corrected chi connectivity index (χ4v) is 3.60. The van der Waals surface area contributed by atoms with Crippen molar-refractivity contribution in [3.05, 3.63) is 54.1 Å². The van der Waals surface area contributed by atoms with E-state index in [1.54, 1.807) is 88.9 Å². The summed E-state index contributed by atoms with van der Waals surface area (Å²) in [6.45, 7) is 17.0. The third-order valence-corrected chi connectivity index (χ3v) is 6.21. The van der Waals surface area contributed by atoms with Gasteiger partial charge in [0.1, 0.15) is 0 Å². The van der Waals surface area contributed by atoms with Crippen LogP contribution in [0.15, 0.2) is 48.5 Å². The number of ether oxygens (including phenoxy) is 2. The van der Waals surface area contributed by atoms with Crippen molar-refractivity contribution in [3.8, 4) is 11.5 Å². The maximum Gasteiger partial charge on any atom is 0.316 e. The van der Waals surface area contributed by atoms with Gasteiger partial charge in [-0.15, -0.1) is 0 Å². The minimum Gasteiger partial charge on any atom is -0.422 e. The molecule has 0 saturated heterocycles. The van der Waals surface area contributed by atoms with Crippen LogP contribution in [-0.2, 0) is 14.4 Å². The average Bonchev–Trinajstić information content (AvgIpc) is 2.90. The molecule has 0 aliphatic carbocycles. The minimum atomic E-state index is -0.773. The molecule has 0 bridgehead atoms. The lowest BCUT2D eigenvalue weighted by molar-refractivity contribution is -0.145. The molecule has 0 aromatic heterocycles. The molecule has 0 atom stereocenters. The van der Waals surface area contributed by atoms with Crippen LogP contribution >= 0.6 is 0 Å². The van der Waals surface area contributed by atoms with Crippen LogP contribution in [0.25, 0.3) is 0 Å². The van der Waals surface area contributed by atoms with E-state index in [-0.39, 0.29) is 36.4 Å². The van der Waals surface area contributed by atoms with Crippen LogP contribution < -0.4 is 20.1 Å². The highest BCUT2D eigenvalue weighted by Gasteiger charge is 2.29. The van der Waals surface area contributed by atoms with Gasteiger partial charge in [-0.1, -0.05) is 31.5 Å². The highest BCUT2D eigenvalue weighted by Crippen LogP contribution is 2.34. The van der Waals surface area contributed by atoms with Gasteiger partial charge in [0.05, 0.1) is 17.4 Å². The Balaban J connectivity index is 2.14. The normalized spacial score (nSPS) is 11.8. The molecule has 0 radical (unpaired) electrons. The summed E-state index contributed by atoms with van der Waals surface area (Å²) >= 11 is 0. The van der Waals surface area contributed by atoms with Crippen molar-refractivity contribution in [2.75, 3.05) is 25.0 Å². The molecule has 0 heterocycles. The molecule has 42 heavy (non-hydrogen) atoms. The van der Waals surface area contributed by atoms with Gasteiger partial charge in [-0.2, -0.15) is 0 Å². The van der Waals surface area contributed by atoms with Gasteiger partial charge in [0.25, 0.3) is 5.91 Å². The molecule has 2 amide bonds. The zero-order valence-electron chi connectivity index (χ0n) is 26.6. The number of amides is 2. The highest BCUT2D eigenvalue weighted by atomic mass is 16.6. The van der Waals surface area contributed by atoms with Crippen LogP contribution in [0.4, 0.5) is 5.69 Å². The standard InChI is InChI=1S/C33H47N3O6/c1-10-11-19-36(28(38)23-15-13-12-14-16-23)21-27(37)34-22-33(8,9)35-24-17-18-25(41-29(39)31(2,3)4)26(20-24)42-30(40)32(5,6)7/h12-18,20,35H,10-11,19,21-22H2,1-9H3,(H,34,37). The van der Waals surface area contributed by atoms with Gasteiger partial charge in [-0.3, -0.25) is 19.2 Å². The Bertz CT molecular complexity index is 1240. The molecule has 0 aliphatic heterocycles. The predicted octanol–water partition coefficient (Wildman–Crippen LogP) is 5.84. The maximum absolute atomic E-state index is 13.0. The number of hydrogen-bond donors (Lipinski definition) is 2. The van der Waals surface area contributed by atoms with Crippen molar-refractivity contribution < 1.29 is 28.7 Å². The van der Waals surface area contributed by atoms with Crippen LogP contribution in [0.1, 0.15) is 85.5 Å². The van der Waals surface area contributed by atoms with Crippen molar-refractivity contribution in [2.45, 2.75) is 80.7 Å². The third kappa shape index (κ3) is 10.8. The lowest BCUT2D eigenvalue weighted by Gasteiger charge is -2.29. The van der Waals surface area contributed by atoms with Crippen LogP contribution in [-0.4, -0.2) is 53.8 Å². The first-order valence-corrected chi connectivity index (χ1v) is 14.4. The molecule has 0 fully saturated rings. The van der Waals surface area contributed by atoms with Crippen molar-refractivity contribution in [1.82, 2.24) is 10.2 Å². The van der Waals surface area contributed by atoms with E-state index in [0.29, 0.717) is 17.8 Å². The van der Waals surface area contributed by atoms with E-state index in [1.165, 1.54) is 0 Å². The van der Waals surface area contributed by atoms with Crippen LogP contribution in [0.5, 0.6) is 11.5 Å². The second kappa shape index (κ2) is 14.3. The number of anilines is 1. The molecule has 2 aromatic carbocycles. The first kappa shape index (κ1) is 34.3. The average molecular weight is 582 g/mol. The predicted molar refractivity (Wildman–Crippen MR) is 165 cm³/mol. The van der Waals surface area contributed by atoms with Gasteiger partial charge in [0.15, 0.2) is 11.5 Å². The monoisotopic (exact) mass is 581 g/mol. The van der Waals surface area contributed by atoms with Gasteiger partial charge >= 0.3 is 11.9 Å². The van der Waals surface area contributed by atoms with Crippen molar-refractivity contribution in [1.29, 1.82) is 0 Å². The van der Waals surface area contributed by atoms with Crippen molar-refractivity contribution in [2.24, 2.45) is 10.8 Å². The zero-order chi connectivity index (χ0) is 31.7. The largest absolute Gasteiger partial charge is 0.422 e. The van der Waals surface area contributed by atoms with Gasteiger partial charge in [-0.05, 0) is 86.1 Å². The molecular formula is C33H47N3O6. The molecule has 2 aromatic rings. The third-order valence-electron chi connectivity index (χ3n) is 6.21. The van der Waals surface area contributed by atoms with E-state index >= 15 is 0 Å². The Morgan fingerprint density at radius 3 is 1.90 bits per heavy atom. The summed E-state index contributed by atoms with van der Waals surface area (Å²) in [4.78, 5) is 52.7. The Morgan fingerprint density at radius 2 is 1.36 bits per heavy atom. The van der Waals surface area contributed by atoms with Gasteiger partial charge in [-0.25, -0.2) is 0 Å². The van der Waals surface area contributed by atoms with Crippen LogP contribution in [0.2, 0.25) is 0 Å². The zero-order valence-corrected chi connectivity index (χ0v) is 26.6. The van der Waals surface area contributed by atoms with Gasteiger partial charge in [0.2, 0.25) is 5.91 Å². The van der Waals surface area contributed by atoms with E-state index in [4.69, 9.17) is 9.47 Å². The fourth-order valence-electron chi connectivity index (χ4n) is 3.60. The van der Waals surface area contributed by atoms with Crippen molar-refractivity contribution in [3.63, 3.8) is 0 Å². The molecule has 0 saturated carbocycles. The number of nitrogens with one attached hydrogen (secondary N) is 2. The second-order valence-electron chi connectivity index (χ2n) is 13.2. The van der Waals surface area contributed by atoms with Gasteiger partial charge in [0, 0.05) is 35.9 Å². The molecule has 2 N–H and O–H groups in total. The number of rotatable bonds is 12. The summed E-state index contributed by atoms with van der Waals surface area (Å²) in [6, 6.07) is 13.8. The molecule has 9 nitrogen and oxygen atoms in total. The Morgan fingerprint density at radius 1 is 0.786 bits per heavy atom. The summed E-state index contributed by atoms with van der Waals surface area (Å²) < 4.78 is 11.2. The lowest BCUT2D eigenvalue weighted by atomic mass is 9.97. The Labute approximate surface area is 250 Å². The van der Waals surface area contributed by atoms with E-state index < -0.39 is 28.3 Å². The SMILES string of the molecule is CCCCN(CC(=O)NCC(C)(C)Nc1ccc(OC(=O)C(C)(C)C)c(OC(=O)C(C)(C)C)c1)C(=O)c1ccccc1. The number of benzene rings is 2. The highest BCUT2D eigenvalue weighted by molar-refractivity contribution is 5.96. The molecular weight excluding hydrogens is 534 g/mol. The second-order valence-corrected chi connectivity index (χ2v) is 13.2. The molecule has 0 spiro atoms. The number of carbonyl (C=O) groups excluding carboxylic acids is 4. The van der Waals surface area contributed by atoms with E-state index in [9.17, 15) is 19.2 Å². The van der Waals surface area contributed by atoms with E-state index in [0.717, 1.165) is 12.8 Å². The summed E-state index contributed by atoms with van der Waals surface area (Å²) in [6.07, 6.45) is 1.69. The number of nitrogens with zero attached hydrogens (tertiary/aromatic N) is 1. The Hall–Kier alpha value is -3.88. The lowest BCUT2D eigenvalue weighted by Crippen LogP contribution is -2.48. The quantitative estimate of drug-likeness (QED) is 0.239. The molecule has 9 heteroatoms. The topological polar surface area (TPSA) is 114 Å². The molecule has 2 rings (SSSR count). The smallest absolute Gasteiger partial charge is 0.316 e. The summed E-state index contributed by atoms with van der Waals surface area (Å²) in [5.74, 6) is -1.13. The first-order valence-electron chi connectivity index (χ1n) is 14.4. The fraction of sp³-hybridized carbons (Fsp3) is 0.515. The minimum absolute atomic E-state index is 0.0510. The van der Waals surface area contributed by atoms with Crippen molar-refractivity contribution >= 4 is 29.4 Å².